The van der Waals surface area contributed by atoms with E-state index in [-0.39, 0.29) is 6.04 Å². The van der Waals surface area contributed by atoms with Crippen molar-refractivity contribution in [2.45, 2.75) is 25.8 Å². The summed E-state index contributed by atoms with van der Waals surface area (Å²) in [6.07, 6.45) is 3.74. The Morgan fingerprint density at radius 1 is 1.31 bits per heavy atom. The predicted molar refractivity (Wildman–Crippen MR) is 68.6 cm³/mol. The van der Waals surface area contributed by atoms with Gasteiger partial charge in [-0.3, -0.25) is 0 Å². The molecule has 0 saturated heterocycles. The van der Waals surface area contributed by atoms with Gasteiger partial charge in [-0.1, -0.05) is 31.2 Å². The van der Waals surface area contributed by atoms with Crippen molar-refractivity contribution in [3.63, 3.8) is 0 Å². The van der Waals surface area contributed by atoms with Crippen LogP contribution in [0.15, 0.2) is 35.8 Å². The summed E-state index contributed by atoms with van der Waals surface area (Å²) in [5.41, 5.74) is 8.48. The van der Waals surface area contributed by atoms with E-state index in [1.807, 2.05) is 11.6 Å². The number of nitrogens with zero attached hydrogens (tertiary/aromatic N) is 1. The normalized spacial score (nSPS) is 12.6. The topological polar surface area (TPSA) is 38.9 Å². The zero-order valence-electron chi connectivity index (χ0n) is 9.39. The van der Waals surface area contributed by atoms with Crippen LogP contribution < -0.4 is 5.73 Å². The van der Waals surface area contributed by atoms with Crippen molar-refractivity contribution < 1.29 is 0 Å². The molecule has 1 heterocycles. The molecule has 0 bridgehead atoms. The van der Waals surface area contributed by atoms with Crippen LogP contribution in [0.3, 0.4) is 0 Å². The fourth-order valence-corrected chi connectivity index (χ4v) is 2.28. The molecule has 0 aliphatic rings. The smallest absolute Gasteiger partial charge is 0.0968 e. The Morgan fingerprint density at radius 3 is 2.62 bits per heavy atom. The zero-order valence-corrected chi connectivity index (χ0v) is 10.2. The molecule has 0 aliphatic heterocycles. The molecule has 84 valence electrons. The van der Waals surface area contributed by atoms with Crippen molar-refractivity contribution in [1.82, 2.24) is 4.98 Å². The summed E-state index contributed by atoms with van der Waals surface area (Å²) in [5.74, 6) is 0. The van der Waals surface area contributed by atoms with Gasteiger partial charge in [0.05, 0.1) is 5.01 Å². The van der Waals surface area contributed by atoms with E-state index in [0.29, 0.717) is 0 Å². The van der Waals surface area contributed by atoms with Gasteiger partial charge in [0.25, 0.3) is 0 Å². The van der Waals surface area contributed by atoms with Crippen LogP contribution in [-0.2, 0) is 6.42 Å². The van der Waals surface area contributed by atoms with Gasteiger partial charge in [-0.25, -0.2) is 4.98 Å². The molecule has 0 spiro atoms. The van der Waals surface area contributed by atoms with Gasteiger partial charge < -0.3 is 5.73 Å². The number of nitrogens with two attached hydrogens (primary N) is 1. The van der Waals surface area contributed by atoms with Crippen molar-refractivity contribution in [3.8, 4) is 0 Å². The average molecular weight is 232 g/mol. The van der Waals surface area contributed by atoms with Crippen molar-refractivity contribution in [2.75, 3.05) is 0 Å². The lowest BCUT2D eigenvalue weighted by molar-refractivity contribution is 0.698. The number of rotatable bonds is 4. The number of thiazole rings is 1. The fraction of sp³-hybridized carbons (Fsp3) is 0.308. The van der Waals surface area contributed by atoms with Crippen LogP contribution in [0.4, 0.5) is 0 Å². The van der Waals surface area contributed by atoms with Crippen molar-refractivity contribution in [1.29, 1.82) is 0 Å². The zero-order chi connectivity index (χ0) is 11.4. The number of hydrogen-bond donors (Lipinski definition) is 1. The molecular formula is C13H16N2S. The van der Waals surface area contributed by atoms with Gasteiger partial charge in [0, 0.05) is 24.0 Å². The summed E-state index contributed by atoms with van der Waals surface area (Å²) >= 11 is 1.70. The minimum atomic E-state index is 0.161. The van der Waals surface area contributed by atoms with E-state index >= 15 is 0 Å². The van der Waals surface area contributed by atoms with Gasteiger partial charge in [0.1, 0.15) is 0 Å². The SMILES string of the molecule is CCC(N)c1ccc(Cc2nccs2)cc1. The van der Waals surface area contributed by atoms with Crippen molar-refractivity contribution in [2.24, 2.45) is 5.73 Å². The lowest BCUT2D eigenvalue weighted by Crippen LogP contribution is -2.08. The van der Waals surface area contributed by atoms with E-state index in [1.54, 1.807) is 11.3 Å². The van der Waals surface area contributed by atoms with Crippen LogP contribution in [0, 0.1) is 0 Å². The number of aromatic nitrogens is 1. The van der Waals surface area contributed by atoms with Crippen LogP contribution in [0.1, 0.15) is 35.5 Å². The fourth-order valence-electron chi connectivity index (χ4n) is 1.63. The lowest BCUT2D eigenvalue weighted by Gasteiger charge is -2.09. The monoisotopic (exact) mass is 232 g/mol. The van der Waals surface area contributed by atoms with Crippen LogP contribution in [-0.4, -0.2) is 4.98 Å². The molecular weight excluding hydrogens is 216 g/mol. The molecule has 2 N–H and O–H groups in total. The second-order valence-electron chi connectivity index (χ2n) is 3.86. The maximum atomic E-state index is 5.97. The molecule has 16 heavy (non-hydrogen) atoms. The largest absolute Gasteiger partial charge is 0.324 e. The lowest BCUT2D eigenvalue weighted by atomic mass is 10.0. The quantitative estimate of drug-likeness (QED) is 0.879. The molecule has 0 amide bonds. The number of hydrogen-bond acceptors (Lipinski definition) is 3. The molecule has 3 heteroatoms. The second-order valence-corrected chi connectivity index (χ2v) is 4.84. The first-order valence-corrected chi connectivity index (χ1v) is 6.40. The molecule has 1 unspecified atom stereocenters. The van der Waals surface area contributed by atoms with Gasteiger partial charge >= 0.3 is 0 Å². The maximum absolute atomic E-state index is 5.97. The molecule has 2 nitrogen and oxygen atoms in total. The predicted octanol–water partition coefficient (Wildman–Crippen LogP) is 3.14. The summed E-state index contributed by atoms with van der Waals surface area (Å²) in [4.78, 5) is 4.28. The highest BCUT2D eigenvalue weighted by molar-refractivity contribution is 7.09. The molecule has 1 aromatic heterocycles. The highest BCUT2D eigenvalue weighted by atomic mass is 32.1. The minimum absolute atomic E-state index is 0.161. The highest BCUT2D eigenvalue weighted by Gasteiger charge is 2.03. The van der Waals surface area contributed by atoms with E-state index in [2.05, 4.69) is 36.2 Å². The molecule has 1 aromatic carbocycles. The average Bonchev–Trinajstić information content (AvgIpc) is 2.82. The Kier molecular flexibility index (Phi) is 3.70. The van der Waals surface area contributed by atoms with Gasteiger partial charge in [-0.15, -0.1) is 11.3 Å². The molecule has 0 saturated carbocycles. The Bertz CT molecular complexity index is 420. The third-order valence-electron chi connectivity index (χ3n) is 2.69. The van der Waals surface area contributed by atoms with Gasteiger partial charge in [0.2, 0.25) is 0 Å². The molecule has 0 radical (unpaired) electrons. The first kappa shape index (κ1) is 11.3. The van der Waals surface area contributed by atoms with E-state index in [1.165, 1.54) is 11.1 Å². The molecule has 0 fully saturated rings. The van der Waals surface area contributed by atoms with Gasteiger partial charge in [0.15, 0.2) is 0 Å². The highest BCUT2D eigenvalue weighted by Crippen LogP contribution is 2.17. The minimum Gasteiger partial charge on any atom is -0.324 e. The summed E-state index contributed by atoms with van der Waals surface area (Å²) in [7, 11) is 0. The molecule has 0 aliphatic carbocycles. The summed E-state index contributed by atoms with van der Waals surface area (Å²) < 4.78 is 0. The third-order valence-corrected chi connectivity index (χ3v) is 3.47. The number of benzene rings is 1. The first-order chi connectivity index (χ1) is 7.79. The summed E-state index contributed by atoms with van der Waals surface area (Å²) in [6.45, 7) is 2.11. The molecule has 1 atom stereocenters. The summed E-state index contributed by atoms with van der Waals surface area (Å²) in [5, 5.41) is 3.17. The van der Waals surface area contributed by atoms with Crippen LogP contribution in [0.25, 0.3) is 0 Å². The van der Waals surface area contributed by atoms with Crippen LogP contribution in [0.5, 0.6) is 0 Å². The Balaban J connectivity index is 2.07. The first-order valence-electron chi connectivity index (χ1n) is 5.52. The standard InChI is InChI=1S/C13H16N2S/c1-2-12(14)11-5-3-10(4-6-11)9-13-15-7-8-16-13/h3-8,12H,2,9,14H2,1H3. The summed E-state index contributed by atoms with van der Waals surface area (Å²) in [6, 6.07) is 8.70. The Hall–Kier alpha value is -1.19. The van der Waals surface area contributed by atoms with Crippen molar-refractivity contribution in [3.05, 3.63) is 52.0 Å². The van der Waals surface area contributed by atoms with E-state index in [9.17, 15) is 0 Å². The van der Waals surface area contributed by atoms with E-state index in [0.717, 1.165) is 17.8 Å². The van der Waals surface area contributed by atoms with Crippen LogP contribution in [0.2, 0.25) is 0 Å². The molecule has 2 rings (SSSR count). The Morgan fingerprint density at radius 2 is 2.06 bits per heavy atom. The maximum Gasteiger partial charge on any atom is 0.0968 e. The van der Waals surface area contributed by atoms with E-state index in [4.69, 9.17) is 5.73 Å². The van der Waals surface area contributed by atoms with Gasteiger partial charge in [-0.2, -0.15) is 0 Å². The van der Waals surface area contributed by atoms with Crippen LogP contribution >= 0.6 is 11.3 Å². The third kappa shape index (κ3) is 2.68. The van der Waals surface area contributed by atoms with E-state index < -0.39 is 0 Å². The van der Waals surface area contributed by atoms with Gasteiger partial charge in [-0.05, 0) is 17.5 Å². The van der Waals surface area contributed by atoms with Crippen molar-refractivity contribution >= 4 is 11.3 Å². The Labute approximate surface area is 100 Å². The molecule has 2 aromatic rings. The second kappa shape index (κ2) is 5.23.